The van der Waals surface area contributed by atoms with E-state index in [4.69, 9.17) is 15.3 Å². The standard InChI is InChI=1S/C23H24F3N3O5S2/c1-13(2)34-15-5-6-18-16(10-15)14(4-8-21(30)31)12-29(18)36(32,33)22-9-7-19(35-22)17(27)11-20(28-3)23(24,25)26/h5-7,9-13,27-28H,4,8H2,1-3H3,(H,30,31)/b20-11-,27-17?. The zero-order valence-electron chi connectivity index (χ0n) is 19.5. The van der Waals surface area contributed by atoms with Crippen LogP contribution in [0.1, 0.15) is 30.7 Å². The molecule has 0 saturated carbocycles. The highest BCUT2D eigenvalue weighted by molar-refractivity contribution is 7.92. The van der Waals surface area contributed by atoms with Gasteiger partial charge in [-0.15, -0.1) is 11.3 Å². The molecule has 0 radical (unpaired) electrons. The highest BCUT2D eigenvalue weighted by Gasteiger charge is 2.33. The lowest BCUT2D eigenvalue weighted by Gasteiger charge is -2.11. The van der Waals surface area contributed by atoms with Gasteiger partial charge >= 0.3 is 12.1 Å². The van der Waals surface area contributed by atoms with Crippen LogP contribution in [0, 0.1) is 5.41 Å². The number of nitrogens with zero attached hydrogens (tertiary/aromatic N) is 1. The molecule has 0 atom stereocenters. The van der Waals surface area contributed by atoms with E-state index in [-0.39, 0.29) is 28.0 Å². The smallest absolute Gasteiger partial charge is 0.430 e. The van der Waals surface area contributed by atoms with E-state index in [1.165, 1.54) is 18.3 Å². The number of rotatable bonds is 10. The first-order valence-electron chi connectivity index (χ1n) is 10.7. The predicted octanol–water partition coefficient (Wildman–Crippen LogP) is 4.78. The molecule has 3 rings (SSSR count). The van der Waals surface area contributed by atoms with Crippen molar-refractivity contribution in [2.75, 3.05) is 7.05 Å². The molecule has 0 aliphatic rings. The number of hydrogen-bond donors (Lipinski definition) is 3. The summed E-state index contributed by atoms with van der Waals surface area (Å²) in [5.74, 6) is -0.546. The maximum absolute atomic E-state index is 13.5. The van der Waals surface area contributed by atoms with Gasteiger partial charge in [0.15, 0.2) is 0 Å². The fourth-order valence-electron chi connectivity index (χ4n) is 3.44. The number of fused-ring (bicyclic) bond motifs is 1. The number of carboxylic acids is 1. The molecule has 0 aliphatic carbocycles. The lowest BCUT2D eigenvalue weighted by molar-refractivity contribution is -0.136. The summed E-state index contributed by atoms with van der Waals surface area (Å²) < 4.78 is 72.5. The molecule has 2 heterocycles. The molecular weight excluding hydrogens is 519 g/mol. The summed E-state index contributed by atoms with van der Waals surface area (Å²) in [7, 11) is -3.13. The average Bonchev–Trinajstić information content (AvgIpc) is 3.40. The van der Waals surface area contributed by atoms with Gasteiger partial charge < -0.3 is 15.2 Å². The van der Waals surface area contributed by atoms with Gasteiger partial charge in [0.2, 0.25) is 0 Å². The first-order valence-corrected chi connectivity index (χ1v) is 12.9. The summed E-state index contributed by atoms with van der Waals surface area (Å²) in [5, 5.41) is 19.6. The van der Waals surface area contributed by atoms with Gasteiger partial charge in [-0.05, 0) is 62.2 Å². The first kappa shape index (κ1) is 27.3. The number of carboxylic acid groups (broad SMARTS) is 1. The van der Waals surface area contributed by atoms with Crippen molar-refractivity contribution >= 4 is 43.9 Å². The van der Waals surface area contributed by atoms with Gasteiger partial charge in [0.1, 0.15) is 15.7 Å². The lowest BCUT2D eigenvalue weighted by atomic mass is 10.1. The number of thiophene rings is 1. The van der Waals surface area contributed by atoms with E-state index in [2.05, 4.69) is 0 Å². The third-order valence-corrected chi connectivity index (χ3v) is 8.29. The Morgan fingerprint density at radius 2 is 1.97 bits per heavy atom. The number of hydrogen-bond acceptors (Lipinski definition) is 7. The summed E-state index contributed by atoms with van der Waals surface area (Å²) in [5.41, 5.74) is -0.852. The molecule has 1 aromatic carbocycles. The fourth-order valence-corrected chi connectivity index (χ4v) is 6.15. The van der Waals surface area contributed by atoms with Crippen molar-refractivity contribution in [3.63, 3.8) is 0 Å². The summed E-state index contributed by atoms with van der Waals surface area (Å²) in [6.45, 7) is 3.67. The van der Waals surface area contributed by atoms with Gasteiger partial charge in [-0.25, -0.2) is 3.97 Å². The molecule has 0 unspecified atom stereocenters. The van der Waals surface area contributed by atoms with Crippen LogP contribution < -0.4 is 10.1 Å². The number of alkyl halides is 3. The summed E-state index contributed by atoms with van der Waals surface area (Å²) in [6.07, 6.45) is -3.03. The Balaban J connectivity index is 2.06. The maximum Gasteiger partial charge on any atom is 0.430 e. The number of allylic oxidation sites excluding steroid dienone is 2. The second-order valence-electron chi connectivity index (χ2n) is 8.03. The number of halogens is 3. The molecule has 3 N–H and O–H groups in total. The molecule has 36 heavy (non-hydrogen) atoms. The number of carbonyl (C=O) groups is 1. The van der Waals surface area contributed by atoms with Gasteiger partial charge in [0.05, 0.1) is 22.2 Å². The van der Waals surface area contributed by atoms with Gasteiger partial charge in [0, 0.05) is 25.1 Å². The first-order chi connectivity index (χ1) is 16.7. The van der Waals surface area contributed by atoms with E-state index in [9.17, 15) is 26.4 Å². The van der Waals surface area contributed by atoms with Crippen molar-refractivity contribution in [1.82, 2.24) is 9.29 Å². The van der Waals surface area contributed by atoms with Crippen LogP contribution in [0.3, 0.4) is 0 Å². The van der Waals surface area contributed by atoms with Crippen molar-refractivity contribution in [3.05, 3.63) is 58.7 Å². The van der Waals surface area contributed by atoms with Gasteiger partial charge in [-0.2, -0.15) is 21.6 Å². The van der Waals surface area contributed by atoms with E-state index in [1.54, 1.807) is 18.2 Å². The van der Waals surface area contributed by atoms with Crippen LogP contribution in [-0.2, 0) is 21.2 Å². The Morgan fingerprint density at radius 1 is 1.28 bits per heavy atom. The molecular formula is C23H24F3N3O5S2. The van der Waals surface area contributed by atoms with Crippen LogP contribution in [-0.4, -0.2) is 48.5 Å². The van der Waals surface area contributed by atoms with Gasteiger partial charge in [-0.3, -0.25) is 10.2 Å². The number of aliphatic carboxylic acids is 1. The SMILES string of the molecule is CN/C(=C\C(=N)c1ccc(S(=O)(=O)n2cc(CCC(=O)O)c3cc(OC(C)C)ccc32)s1)C(F)(F)F. The van der Waals surface area contributed by atoms with E-state index < -0.39 is 33.6 Å². The van der Waals surface area contributed by atoms with E-state index >= 15 is 0 Å². The number of ether oxygens (including phenoxy) is 1. The van der Waals surface area contributed by atoms with Crippen LogP contribution in [0.5, 0.6) is 5.75 Å². The highest BCUT2D eigenvalue weighted by atomic mass is 32.2. The molecule has 0 aliphatic heterocycles. The molecule has 3 aromatic rings. The van der Waals surface area contributed by atoms with Crippen LogP contribution in [0.2, 0.25) is 0 Å². The molecule has 13 heteroatoms. The summed E-state index contributed by atoms with van der Waals surface area (Å²) in [6, 6.07) is 7.30. The molecule has 194 valence electrons. The van der Waals surface area contributed by atoms with E-state index in [0.29, 0.717) is 39.6 Å². The van der Waals surface area contributed by atoms with E-state index in [0.717, 1.165) is 11.0 Å². The van der Waals surface area contributed by atoms with E-state index in [1.807, 2.05) is 19.2 Å². The minimum Gasteiger partial charge on any atom is -0.491 e. The molecule has 0 bridgehead atoms. The Hall–Kier alpha value is -3.32. The van der Waals surface area contributed by atoms with Gasteiger partial charge in [-0.1, -0.05) is 0 Å². The number of aromatic nitrogens is 1. The third-order valence-electron chi connectivity index (χ3n) is 5.03. The predicted molar refractivity (Wildman–Crippen MR) is 131 cm³/mol. The maximum atomic E-state index is 13.5. The van der Waals surface area contributed by atoms with Crippen LogP contribution >= 0.6 is 11.3 Å². The Morgan fingerprint density at radius 3 is 2.56 bits per heavy atom. The van der Waals surface area contributed by atoms with Gasteiger partial charge in [0.25, 0.3) is 10.0 Å². The highest BCUT2D eigenvalue weighted by Crippen LogP contribution is 2.33. The molecule has 0 fully saturated rings. The largest absolute Gasteiger partial charge is 0.491 e. The minimum atomic E-state index is -4.69. The topological polar surface area (TPSA) is 121 Å². The second-order valence-corrected chi connectivity index (χ2v) is 11.2. The molecule has 0 saturated heterocycles. The van der Waals surface area contributed by atoms with Crippen molar-refractivity contribution in [2.24, 2.45) is 0 Å². The Labute approximate surface area is 209 Å². The zero-order valence-corrected chi connectivity index (χ0v) is 21.1. The summed E-state index contributed by atoms with van der Waals surface area (Å²) in [4.78, 5) is 11.2. The zero-order chi connectivity index (χ0) is 26.8. The quantitative estimate of drug-likeness (QED) is 0.317. The van der Waals surface area contributed by atoms with Crippen molar-refractivity contribution in [1.29, 1.82) is 5.41 Å². The molecule has 2 aromatic heterocycles. The average molecular weight is 544 g/mol. The van der Waals surface area contributed by atoms with Crippen LogP contribution in [0.4, 0.5) is 13.2 Å². The number of aryl methyl sites for hydroxylation is 1. The normalized spacial score (nSPS) is 12.8. The lowest BCUT2D eigenvalue weighted by Crippen LogP contribution is -2.24. The fraction of sp³-hybridized carbons (Fsp3) is 0.304. The Bertz CT molecular complexity index is 1440. The number of nitrogens with one attached hydrogen (secondary N) is 2. The third kappa shape index (κ3) is 5.90. The van der Waals surface area contributed by atoms with Crippen LogP contribution in [0.15, 0.2) is 52.5 Å². The molecule has 8 nitrogen and oxygen atoms in total. The van der Waals surface area contributed by atoms with Crippen molar-refractivity contribution in [2.45, 2.75) is 43.2 Å². The second kappa shape index (κ2) is 10.3. The van der Waals surface area contributed by atoms with Crippen molar-refractivity contribution in [3.8, 4) is 5.75 Å². The van der Waals surface area contributed by atoms with Crippen molar-refractivity contribution < 1.29 is 36.2 Å². The minimum absolute atomic E-state index is 0.0285. The number of benzene rings is 1. The monoisotopic (exact) mass is 543 g/mol. The molecule has 0 spiro atoms. The Kier molecular flexibility index (Phi) is 7.84. The van der Waals surface area contributed by atoms with Crippen LogP contribution in [0.25, 0.3) is 10.9 Å². The molecule has 0 amide bonds. The summed E-state index contributed by atoms with van der Waals surface area (Å²) >= 11 is 0.662.